The van der Waals surface area contributed by atoms with Gasteiger partial charge in [0.05, 0.1) is 4.90 Å². The average Bonchev–Trinajstić information content (AvgIpc) is 1.86. The molecule has 70 valence electrons. The summed E-state index contributed by atoms with van der Waals surface area (Å²) in [5.74, 6) is 0. The zero-order valence-electron chi connectivity index (χ0n) is 6.19. The Hall–Kier alpha value is 0.346. The summed E-state index contributed by atoms with van der Waals surface area (Å²) >= 11 is 0. The zero-order chi connectivity index (χ0) is 8.48. The van der Waals surface area contributed by atoms with E-state index in [4.69, 9.17) is 10.9 Å². The van der Waals surface area contributed by atoms with Crippen LogP contribution in [-0.4, -0.2) is 25.8 Å². The molecule has 0 spiro atoms. The van der Waals surface area contributed by atoms with Gasteiger partial charge in [0.15, 0.2) is 17.4 Å². The van der Waals surface area contributed by atoms with E-state index in [2.05, 4.69) is 0 Å². The molecule has 0 atom stereocenters. The van der Waals surface area contributed by atoms with E-state index in [0.717, 1.165) is 0 Å². The largest absolute Gasteiger partial charge is 0.399 e. The molecule has 0 aliphatic heterocycles. The molecule has 4 N–H and O–H groups in total. The number of hydrogen-bond donors (Lipinski definition) is 2. The van der Waals surface area contributed by atoms with Gasteiger partial charge in [0, 0.05) is 31.9 Å². The number of benzene rings is 1. The minimum atomic E-state index is -3.58. The Bertz CT molecular complexity index is 351. The Kier molecular flexibility index (Phi) is 7.23. The van der Waals surface area contributed by atoms with Crippen LogP contribution in [0.15, 0.2) is 29.2 Å². The van der Waals surface area contributed by atoms with E-state index in [1.165, 1.54) is 24.3 Å². The van der Waals surface area contributed by atoms with E-state index in [1.54, 1.807) is 0 Å². The second kappa shape index (κ2) is 5.95. The molecule has 0 unspecified atom stereocenters. The summed E-state index contributed by atoms with van der Waals surface area (Å²) in [4.78, 5) is 0.0756. The van der Waals surface area contributed by atoms with Crippen LogP contribution in [0.5, 0.6) is 0 Å². The van der Waals surface area contributed by atoms with E-state index < -0.39 is 10.0 Å². The monoisotopic (exact) mass is 292 g/mol. The maximum absolute atomic E-state index is 10.7. The van der Waals surface area contributed by atoms with Gasteiger partial charge < -0.3 is 5.73 Å². The molecule has 0 heterocycles. The molecule has 13 heavy (non-hydrogen) atoms. The van der Waals surface area contributed by atoms with Crippen molar-refractivity contribution in [2.24, 2.45) is 5.14 Å². The van der Waals surface area contributed by atoms with Gasteiger partial charge in [-0.1, -0.05) is 0 Å². The Labute approximate surface area is 107 Å². The van der Waals surface area contributed by atoms with Gasteiger partial charge in [-0.3, -0.25) is 0 Å². The van der Waals surface area contributed by atoms with E-state index >= 15 is 0 Å². The number of sulfonamides is 1. The summed E-state index contributed by atoms with van der Waals surface area (Å²) in [5, 5.41) is 4.84. The van der Waals surface area contributed by atoms with Crippen molar-refractivity contribution >= 4 is 33.1 Å². The molecule has 0 saturated carbocycles. The first-order valence-corrected chi connectivity index (χ1v) is 4.43. The van der Waals surface area contributed by atoms with Crippen LogP contribution in [0.1, 0.15) is 0 Å². The molecule has 1 rings (SSSR count). The van der Waals surface area contributed by atoms with Crippen LogP contribution in [-0.2, 0) is 36.2 Å². The second-order valence-electron chi connectivity index (χ2n) is 2.11. The topological polar surface area (TPSA) is 86.2 Å². The maximum atomic E-state index is 10.7. The summed E-state index contributed by atoms with van der Waals surface area (Å²) in [5.41, 5.74) is 5.85. The smallest absolute Gasteiger partial charge is 0.238 e. The first kappa shape index (κ1) is 15.8. The van der Waals surface area contributed by atoms with Crippen LogP contribution in [0.3, 0.4) is 0 Å². The summed E-state index contributed by atoms with van der Waals surface area (Å²) < 4.78 is 21.4. The molecule has 0 saturated heterocycles. The van der Waals surface area contributed by atoms with Crippen molar-refractivity contribution in [2.75, 3.05) is 5.73 Å². The number of rotatable bonds is 1. The molecule has 0 bridgehead atoms. The molecule has 1 aromatic rings. The van der Waals surface area contributed by atoms with Crippen molar-refractivity contribution in [2.45, 2.75) is 4.90 Å². The van der Waals surface area contributed by atoms with Gasteiger partial charge in [-0.2, -0.15) is 0 Å². The summed E-state index contributed by atoms with van der Waals surface area (Å²) in [7, 11) is -3.58. The molecule has 0 radical (unpaired) electrons. The van der Waals surface area contributed by atoms with Crippen molar-refractivity contribution in [3.63, 3.8) is 0 Å². The molecule has 1 aromatic carbocycles. The van der Waals surface area contributed by atoms with Gasteiger partial charge in [-0.05, 0) is 24.3 Å². The van der Waals surface area contributed by atoms with Crippen molar-refractivity contribution < 1.29 is 34.6 Å². The zero-order valence-corrected chi connectivity index (χ0v) is 9.46. The van der Waals surface area contributed by atoms with Gasteiger partial charge in [0.2, 0.25) is 10.0 Å². The fourth-order valence-corrected chi connectivity index (χ4v) is 1.17. The average molecular weight is 293 g/mol. The van der Waals surface area contributed by atoms with Crippen LogP contribution in [0.25, 0.3) is 0 Å². The Morgan fingerprint density at radius 1 is 1.08 bits per heavy atom. The third-order valence-electron chi connectivity index (χ3n) is 1.21. The van der Waals surface area contributed by atoms with Gasteiger partial charge in [-0.25, -0.2) is 13.6 Å². The standard InChI is InChI=1S/C6H8N2O2S.Al.Zr.3H/c7-5-1-3-6(4-2-5)11(8,9)10;;;;;/h1-4H,7H2,(H2,8,9,10);;;;;. The minimum Gasteiger partial charge on any atom is -0.399 e. The Morgan fingerprint density at radius 2 is 1.46 bits per heavy atom. The number of anilines is 1. The summed E-state index contributed by atoms with van der Waals surface area (Å²) in [6.45, 7) is 0. The minimum absolute atomic E-state index is 0. The Balaban J connectivity index is 0. The first-order valence-electron chi connectivity index (χ1n) is 2.88. The van der Waals surface area contributed by atoms with Crippen molar-refractivity contribution in [3.05, 3.63) is 24.3 Å². The normalized spacial score (nSPS) is 9.62. The Morgan fingerprint density at radius 3 is 1.77 bits per heavy atom. The summed E-state index contributed by atoms with van der Waals surface area (Å²) in [6.07, 6.45) is 0. The van der Waals surface area contributed by atoms with Crippen LogP contribution >= 0.6 is 0 Å². The molecule has 7 heteroatoms. The quantitative estimate of drug-likeness (QED) is 0.500. The van der Waals surface area contributed by atoms with Gasteiger partial charge >= 0.3 is 0 Å². The fourth-order valence-electron chi connectivity index (χ4n) is 0.658. The van der Waals surface area contributed by atoms with Crippen molar-refractivity contribution in [3.8, 4) is 0 Å². The van der Waals surface area contributed by atoms with E-state index in [1.807, 2.05) is 0 Å². The van der Waals surface area contributed by atoms with E-state index in [-0.39, 0.29) is 48.5 Å². The van der Waals surface area contributed by atoms with Crippen LogP contribution in [0, 0.1) is 0 Å². The SMILES string of the molecule is Nc1ccc(S(N)(=O)=O)cc1.[AlH3].[Zr]. The van der Waals surface area contributed by atoms with Gasteiger partial charge in [0.25, 0.3) is 0 Å². The van der Waals surface area contributed by atoms with Crippen molar-refractivity contribution in [1.82, 2.24) is 0 Å². The predicted molar refractivity (Wildman–Crippen MR) is 52.2 cm³/mol. The van der Waals surface area contributed by atoms with Crippen LogP contribution in [0.2, 0.25) is 0 Å². The number of nitrogen functional groups attached to an aromatic ring is 1. The molecule has 4 nitrogen and oxygen atoms in total. The molecular formula is C6H11AlN2O2SZr. The number of nitrogens with two attached hydrogens (primary N) is 2. The first-order chi connectivity index (χ1) is 5.00. The van der Waals surface area contributed by atoms with E-state index in [0.29, 0.717) is 5.69 Å². The van der Waals surface area contributed by atoms with Crippen molar-refractivity contribution in [1.29, 1.82) is 0 Å². The molecule has 0 fully saturated rings. The second-order valence-corrected chi connectivity index (χ2v) is 3.68. The summed E-state index contributed by atoms with van der Waals surface area (Å²) in [6, 6.07) is 5.70. The van der Waals surface area contributed by atoms with Gasteiger partial charge in [-0.15, -0.1) is 0 Å². The molecule has 0 aromatic heterocycles. The molecule has 0 amide bonds. The maximum Gasteiger partial charge on any atom is 0.238 e. The van der Waals surface area contributed by atoms with Crippen LogP contribution < -0.4 is 10.9 Å². The molecule has 0 aliphatic rings. The van der Waals surface area contributed by atoms with E-state index in [9.17, 15) is 8.42 Å². The predicted octanol–water partition coefficient (Wildman–Crippen LogP) is -1.27. The number of primary sulfonamides is 1. The molecular weight excluding hydrogens is 282 g/mol. The fraction of sp³-hybridized carbons (Fsp3) is 0. The van der Waals surface area contributed by atoms with Gasteiger partial charge in [0.1, 0.15) is 0 Å². The third-order valence-corrected chi connectivity index (χ3v) is 2.14. The van der Waals surface area contributed by atoms with Crippen LogP contribution in [0.4, 0.5) is 5.69 Å². The number of hydrogen-bond acceptors (Lipinski definition) is 3. The molecule has 0 aliphatic carbocycles. The third kappa shape index (κ3) is 4.95.